The van der Waals surface area contributed by atoms with Crippen molar-refractivity contribution in [3.05, 3.63) is 28.4 Å². The molecule has 0 bridgehead atoms. The zero-order chi connectivity index (χ0) is 11.2. The third-order valence-corrected chi connectivity index (χ3v) is 2.67. The summed E-state index contributed by atoms with van der Waals surface area (Å²) in [5.74, 6) is -1.03. The zero-order valence-corrected chi connectivity index (χ0v) is 9.04. The molecule has 4 nitrogen and oxygen atoms in total. The van der Waals surface area contributed by atoms with Crippen molar-refractivity contribution in [2.75, 3.05) is 0 Å². The van der Waals surface area contributed by atoms with E-state index >= 15 is 0 Å². The number of aryl methyl sites for hydroxylation is 2. The first kappa shape index (κ1) is 9.98. The van der Waals surface area contributed by atoms with E-state index in [-0.39, 0.29) is 10.6 Å². The summed E-state index contributed by atoms with van der Waals surface area (Å²) in [6.07, 6.45) is 0. The molecule has 0 aliphatic carbocycles. The summed E-state index contributed by atoms with van der Waals surface area (Å²) in [7, 11) is 1.77. The number of carboxylic acid groups (broad SMARTS) is 1. The molecule has 1 heterocycles. The Bertz CT molecular complexity index is 560. The minimum atomic E-state index is -1.03. The van der Waals surface area contributed by atoms with Gasteiger partial charge in [0.05, 0.1) is 21.8 Å². The number of fused-ring (bicyclic) bond motifs is 1. The van der Waals surface area contributed by atoms with E-state index in [2.05, 4.69) is 5.10 Å². The molecule has 0 radical (unpaired) electrons. The van der Waals surface area contributed by atoms with Crippen LogP contribution >= 0.6 is 11.6 Å². The van der Waals surface area contributed by atoms with Crippen LogP contribution in [0.1, 0.15) is 16.1 Å². The lowest BCUT2D eigenvalue weighted by Gasteiger charge is -2.01. The Morgan fingerprint density at radius 3 is 2.80 bits per heavy atom. The van der Waals surface area contributed by atoms with Crippen LogP contribution in [0.15, 0.2) is 12.1 Å². The Labute approximate surface area is 91.1 Å². The fraction of sp³-hybridized carbons (Fsp3) is 0.200. The Hall–Kier alpha value is -1.55. The highest BCUT2D eigenvalue weighted by Crippen LogP contribution is 2.28. The number of hydrogen-bond donors (Lipinski definition) is 1. The molecule has 0 saturated carbocycles. The number of hydrogen-bond acceptors (Lipinski definition) is 2. The zero-order valence-electron chi connectivity index (χ0n) is 8.28. The quantitative estimate of drug-likeness (QED) is 0.808. The largest absolute Gasteiger partial charge is 0.478 e. The lowest BCUT2D eigenvalue weighted by Crippen LogP contribution is -1.99. The molecular weight excluding hydrogens is 216 g/mol. The topological polar surface area (TPSA) is 55.1 Å². The van der Waals surface area contributed by atoms with Gasteiger partial charge in [-0.2, -0.15) is 5.10 Å². The Morgan fingerprint density at radius 2 is 2.20 bits per heavy atom. The van der Waals surface area contributed by atoms with Gasteiger partial charge in [0.25, 0.3) is 0 Å². The van der Waals surface area contributed by atoms with Crippen LogP contribution in [0.5, 0.6) is 0 Å². The highest BCUT2D eigenvalue weighted by atomic mass is 35.5. The minimum Gasteiger partial charge on any atom is -0.478 e. The average Bonchev–Trinajstić information content (AvgIpc) is 2.41. The number of halogens is 1. The van der Waals surface area contributed by atoms with Crippen molar-refractivity contribution in [3.63, 3.8) is 0 Å². The maximum atomic E-state index is 11.1. The first-order valence-corrected chi connectivity index (χ1v) is 4.75. The van der Waals surface area contributed by atoms with Crippen molar-refractivity contribution in [1.29, 1.82) is 0 Å². The molecule has 0 unspecified atom stereocenters. The average molecular weight is 225 g/mol. The summed E-state index contributed by atoms with van der Waals surface area (Å²) in [5.41, 5.74) is 1.57. The molecule has 1 N–H and O–H groups in total. The van der Waals surface area contributed by atoms with Crippen molar-refractivity contribution < 1.29 is 9.90 Å². The molecule has 2 rings (SSSR count). The van der Waals surface area contributed by atoms with Crippen LogP contribution in [-0.4, -0.2) is 20.9 Å². The first-order chi connectivity index (χ1) is 7.02. The lowest BCUT2D eigenvalue weighted by atomic mass is 10.1. The third-order valence-electron chi connectivity index (χ3n) is 2.36. The number of aromatic nitrogens is 2. The monoisotopic (exact) mass is 224 g/mol. The molecule has 0 aliphatic rings. The van der Waals surface area contributed by atoms with Crippen LogP contribution in [0.2, 0.25) is 5.02 Å². The summed E-state index contributed by atoms with van der Waals surface area (Å²) in [4.78, 5) is 11.1. The molecular formula is C10H9ClN2O2. The summed E-state index contributed by atoms with van der Waals surface area (Å²) >= 11 is 5.86. The first-order valence-electron chi connectivity index (χ1n) is 4.37. The van der Waals surface area contributed by atoms with Crippen molar-refractivity contribution in [2.24, 2.45) is 7.05 Å². The molecule has 1 aromatic carbocycles. The smallest absolute Gasteiger partial charge is 0.337 e. The van der Waals surface area contributed by atoms with Gasteiger partial charge in [0.2, 0.25) is 0 Å². The summed E-state index contributed by atoms with van der Waals surface area (Å²) in [6.45, 7) is 1.77. The van der Waals surface area contributed by atoms with Crippen molar-refractivity contribution in [3.8, 4) is 0 Å². The SMILES string of the molecule is Cc1nn(C)c2ccc(Cl)c(C(=O)O)c12. The lowest BCUT2D eigenvalue weighted by molar-refractivity contribution is 0.0699. The predicted octanol–water partition coefficient (Wildman–Crippen LogP) is 2.23. The molecule has 0 saturated heterocycles. The van der Waals surface area contributed by atoms with Gasteiger partial charge in [0.1, 0.15) is 0 Å². The molecule has 0 atom stereocenters. The third kappa shape index (κ3) is 1.37. The molecule has 0 aliphatic heterocycles. The van der Waals surface area contributed by atoms with E-state index in [4.69, 9.17) is 16.7 Å². The predicted molar refractivity (Wildman–Crippen MR) is 57.4 cm³/mol. The van der Waals surface area contributed by atoms with Crippen LogP contribution in [-0.2, 0) is 7.05 Å². The number of carbonyl (C=O) groups is 1. The van der Waals surface area contributed by atoms with Gasteiger partial charge in [-0.25, -0.2) is 4.79 Å². The van der Waals surface area contributed by atoms with E-state index < -0.39 is 5.97 Å². The van der Waals surface area contributed by atoms with Crippen LogP contribution in [0.25, 0.3) is 10.9 Å². The van der Waals surface area contributed by atoms with E-state index in [0.29, 0.717) is 11.1 Å². The highest BCUT2D eigenvalue weighted by Gasteiger charge is 2.17. The molecule has 1 aromatic heterocycles. The maximum Gasteiger partial charge on any atom is 0.337 e. The fourth-order valence-electron chi connectivity index (χ4n) is 1.74. The molecule has 2 aromatic rings. The number of nitrogens with zero attached hydrogens (tertiary/aromatic N) is 2. The van der Waals surface area contributed by atoms with Gasteiger partial charge in [-0.05, 0) is 19.1 Å². The van der Waals surface area contributed by atoms with Gasteiger partial charge in [-0.3, -0.25) is 4.68 Å². The van der Waals surface area contributed by atoms with Gasteiger partial charge in [0, 0.05) is 12.4 Å². The van der Waals surface area contributed by atoms with Crippen LogP contribution in [0, 0.1) is 6.92 Å². The minimum absolute atomic E-state index is 0.125. The van der Waals surface area contributed by atoms with Gasteiger partial charge in [-0.1, -0.05) is 11.6 Å². The molecule has 0 spiro atoms. The fourth-order valence-corrected chi connectivity index (χ4v) is 1.98. The number of aromatic carboxylic acids is 1. The number of benzene rings is 1. The van der Waals surface area contributed by atoms with Gasteiger partial charge in [-0.15, -0.1) is 0 Å². The van der Waals surface area contributed by atoms with Gasteiger partial charge in [0.15, 0.2) is 0 Å². The maximum absolute atomic E-state index is 11.1. The van der Waals surface area contributed by atoms with Crippen LogP contribution < -0.4 is 0 Å². The second-order valence-corrected chi connectivity index (χ2v) is 3.74. The number of rotatable bonds is 1. The normalized spacial score (nSPS) is 10.9. The van der Waals surface area contributed by atoms with E-state index in [9.17, 15) is 4.79 Å². The van der Waals surface area contributed by atoms with Crippen LogP contribution in [0.3, 0.4) is 0 Å². The number of carboxylic acids is 1. The molecule has 5 heteroatoms. The van der Waals surface area contributed by atoms with Crippen LogP contribution in [0.4, 0.5) is 0 Å². The van der Waals surface area contributed by atoms with Crippen molar-refractivity contribution in [1.82, 2.24) is 9.78 Å². The van der Waals surface area contributed by atoms with E-state index in [1.807, 2.05) is 0 Å². The van der Waals surface area contributed by atoms with Gasteiger partial charge >= 0.3 is 5.97 Å². The standard InChI is InChI=1S/C10H9ClN2O2/c1-5-8-7(13(2)12-5)4-3-6(11)9(8)10(14)15/h3-4H,1-2H3,(H,14,15). The van der Waals surface area contributed by atoms with E-state index in [0.717, 1.165) is 5.52 Å². The molecule has 15 heavy (non-hydrogen) atoms. The Morgan fingerprint density at radius 1 is 1.53 bits per heavy atom. The molecule has 0 fully saturated rings. The second kappa shape index (κ2) is 3.24. The Kier molecular flexibility index (Phi) is 2.16. The summed E-state index contributed by atoms with van der Waals surface area (Å²) in [5, 5.41) is 14.1. The molecule has 78 valence electrons. The second-order valence-electron chi connectivity index (χ2n) is 3.33. The van der Waals surface area contributed by atoms with Crippen molar-refractivity contribution in [2.45, 2.75) is 6.92 Å². The Balaban J connectivity index is 2.98. The summed E-state index contributed by atoms with van der Waals surface area (Å²) in [6, 6.07) is 3.35. The summed E-state index contributed by atoms with van der Waals surface area (Å²) < 4.78 is 1.65. The van der Waals surface area contributed by atoms with E-state index in [1.165, 1.54) is 0 Å². The highest BCUT2D eigenvalue weighted by molar-refractivity contribution is 6.35. The molecule has 0 amide bonds. The van der Waals surface area contributed by atoms with Crippen molar-refractivity contribution >= 4 is 28.5 Å². The van der Waals surface area contributed by atoms with Gasteiger partial charge < -0.3 is 5.11 Å². The van der Waals surface area contributed by atoms with E-state index in [1.54, 1.807) is 30.8 Å².